The normalized spacial score (nSPS) is 17.9. The predicted molar refractivity (Wildman–Crippen MR) is 75.4 cm³/mol. The lowest BCUT2D eigenvalue weighted by molar-refractivity contribution is -0.114. The molecule has 1 aliphatic heterocycles. The Bertz CT molecular complexity index is 718. The Hall–Kier alpha value is -2.28. The quantitative estimate of drug-likeness (QED) is 0.917. The first kappa shape index (κ1) is 12.7. The van der Waals surface area contributed by atoms with Gasteiger partial charge in [-0.3, -0.25) is 14.5 Å². The van der Waals surface area contributed by atoms with Crippen molar-refractivity contribution in [2.75, 3.05) is 0 Å². The number of aromatic nitrogens is 3. The van der Waals surface area contributed by atoms with Crippen LogP contribution >= 0.6 is 0 Å². The molecule has 6 nitrogen and oxygen atoms in total. The highest BCUT2D eigenvalue weighted by atomic mass is 32.2. The Morgan fingerprint density at radius 1 is 1.30 bits per heavy atom. The zero-order chi connectivity index (χ0) is 14.1. The minimum atomic E-state index is -1.54. The fourth-order valence-electron chi connectivity index (χ4n) is 1.89. The van der Waals surface area contributed by atoms with E-state index in [1.165, 1.54) is 10.8 Å². The third-order valence-electron chi connectivity index (χ3n) is 2.97. The molecule has 102 valence electrons. The highest BCUT2D eigenvalue weighted by Crippen LogP contribution is 2.21. The molecule has 1 unspecified atom stereocenters. The van der Waals surface area contributed by atoms with Crippen LogP contribution in [-0.2, 0) is 22.2 Å². The number of nitrogens with zero attached hydrogens (tertiary/aromatic N) is 3. The topological polar surface area (TPSA) is 76.9 Å². The summed E-state index contributed by atoms with van der Waals surface area (Å²) in [5.41, 5.74) is 2.81. The molecule has 0 spiro atoms. The van der Waals surface area contributed by atoms with Gasteiger partial charge >= 0.3 is 0 Å². The van der Waals surface area contributed by atoms with Gasteiger partial charge in [-0.2, -0.15) is 5.10 Å². The van der Waals surface area contributed by atoms with E-state index in [0.717, 1.165) is 23.2 Å². The Morgan fingerprint density at radius 2 is 2.15 bits per heavy atom. The van der Waals surface area contributed by atoms with E-state index in [2.05, 4.69) is 14.8 Å². The Balaban J connectivity index is 1.92. The first-order valence-corrected chi connectivity index (χ1v) is 7.27. The van der Waals surface area contributed by atoms with Gasteiger partial charge in [-0.1, -0.05) is 13.0 Å². The van der Waals surface area contributed by atoms with Crippen molar-refractivity contribution in [2.45, 2.75) is 13.3 Å². The smallest absolute Gasteiger partial charge is 0.258 e. The van der Waals surface area contributed by atoms with Crippen LogP contribution in [0, 0.1) is 0 Å². The summed E-state index contributed by atoms with van der Waals surface area (Å²) >= 11 is 0. The maximum Gasteiger partial charge on any atom is 0.258 e. The number of carbonyl (C=O) groups excluding carboxylic acids is 1. The van der Waals surface area contributed by atoms with E-state index >= 15 is 0 Å². The maximum absolute atomic E-state index is 11.7. The summed E-state index contributed by atoms with van der Waals surface area (Å²) in [6, 6.07) is 3.93. The van der Waals surface area contributed by atoms with Gasteiger partial charge in [-0.15, -0.1) is 0 Å². The predicted octanol–water partition coefficient (Wildman–Crippen LogP) is 1.10. The molecule has 3 heterocycles. The number of nitrogens with one attached hydrogen (secondary N) is 1. The summed E-state index contributed by atoms with van der Waals surface area (Å²) in [5, 5.41) is 4.47. The van der Waals surface area contributed by atoms with Gasteiger partial charge in [0, 0.05) is 35.3 Å². The molecular formula is C13H12N4O2S. The van der Waals surface area contributed by atoms with Crippen molar-refractivity contribution in [3.8, 4) is 11.1 Å². The summed E-state index contributed by atoms with van der Waals surface area (Å²) in [6.45, 7) is 2.05. The number of amides is 1. The Kier molecular flexibility index (Phi) is 3.19. The van der Waals surface area contributed by atoms with E-state index in [-0.39, 0.29) is 5.91 Å². The number of aryl methyl sites for hydroxylation is 1. The molecule has 1 aliphatic rings. The highest BCUT2D eigenvalue weighted by Gasteiger charge is 2.21. The molecule has 2 aromatic heterocycles. The van der Waals surface area contributed by atoms with Crippen LogP contribution in [0.25, 0.3) is 16.2 Å². The van der Waals surface area contributed by atoms with Crippen molar-refractivity contribution in [3.05, 3.63) is 42.5 Å². The first-order valence-electron chi connectivity index (χ1n) is 6.12. The molecule has 2 aromatic rings. The second-order valence-electron chi connectivity index (χ2n) is 4.28. The molecule has 0 radical (unpaired) electrons. The summed E-state index contributed by atoms with van der Waals surface area (Å²) < 4.78 is 15.4. The zero-order valence-electron chi connectivity index (χ0n) is 10.7. The SMILES string of the molecule is CCc1ccc(-c2cnn(C3=CC(=O)NS3=O)c2)cn1. The molecule has 0 fully saturated rings. The number of pyridine rings is 1. The van der Waals surface area contributed by atoms with Crippen molar-refractivity contribution < 1.29 is 9.00 Å². The average molecular weight is 288 g/mol. The molecule has 1 amide bonds. The third kappa shape index (κ3) is 2.27. The highest BCUT2D eigenvalue weighted by molar-refractivity contribution is 7.93. The van der Waals surface area contributed by atoms with Gasteiger partial charge in [0.05, 0.1) is 6.20 Å². The van der Waals surface area contributed by atoms with E-state index < -0.39 is 11.0 Å². The molecule has 20 heavy (non-hydrogen) atoms. The molecule has 7 heteroatoms. The Morgan fingerprint density at radius 3 is 2.75 bits per heavy atom. The van der Waals surface area contributed by atoms with E-state index in [4.69, 9.17) is 0 Å². The summed E-state index contributed by atoms with van der Waals surface area (Å²) in [5.74, 6) is -0.371. The van der Waals surface area contributed by atoms with Crippen LogP contribution < -0.4 is 4.72 Å². The van der Waals surface area contributed by atoms with Crippen LogP contribution in [0.15, 0.2) is 36.8 Å². The maximum atomic E-state index is 11.7. The van der Waals surface area contributed by atoms with Crippen LogP contribution in [-0.4, -0.2) is 24.9 Å². The third-order valence-corrected chi connectivity index (χ3v) is 4.04. The number of hydrogen-bond acceptors (Lipinski definition) is 4. The lowest BCUT2D eigenvalue weighted by Crippen LogP contribution is -2.17. The number of carbonyl (C=O) groups is 1. The molecule has 0 saturated heterocycles. The molecule has 0 bridgehead atoms. The molecule has 3 rings (SSSR count). The number of hydrogen-bond donors (Lipinski definition) is 1. The molecular weight excluding hydrogens is 276 g/mol. The van der Waals surface area contributed by atoms with Crippen molar-refractivity contribution in [3.63, 3.8) is 0 Å². The first-order chi connectivity index (χ1) is 9.67. The van der Waals surface area contributed by atoms with Crippen LogP contribution in [0.3, 0.4) is 0 Å². The molecule has 0 aliphatic carbocycles. The minimum absolute atomic E-state index is 0.333. The van der Waals surface area contributed by atoms with Gasteiger partial charge in [0.2, 0.25) is 0 Å². The lowest BCUT2D eigenvalue weighted by Gasteiger charge is -2.00. The second-order valence-corrected chi connectivity index (χ2v) is 5.44. The van der Waals surface area contributed by atoms with Crippen molar-refractivity contribution in [2.24, 2.45) is 0 Å². The monoisotopic (exact) mass is 288 g/mol. The fourth-order valence-corrected chi connectivity index (χ4v) is 2.72. The van der Waals surface area contributed by atoms with Gasteiger partial charge in [-0.25, -0.2) is 8.89 Å². The van der Waals surface area contributed by atoms with Crippen molar-refractivity contribution in [1.82, 2.24) is 19.5 Å². The average Bonchev–Trinajstić information content (AvgIpc) is 3.05. The summed E-state index contributed by atoms with van der Waals surface area (Å²) in [7, 11) is -1.54. The summed E-state index contributed by atoms with van der Waals surface area (Å²) in [6.07, 6.45) is 7.34. The zero-order valence-corrected chi connectivity index (χ0v) is 11.6. The fraction of sp³-hybridized carbons (Fsp3) is 0.154. The van der Waals surface area contributed by atoms with Gasteiger partial charge in [0.25, 0.3) is 5.91 Å². The number of rotatable bonds is 3. The van der Waals surface area contributed by atoms with E-state index in [9.17, 15) is 9.00 Å². The van der Waals surface area contributed by atoms with Gasteiger partial charge in [0.1, 0.15) is 0 Å². The molecule has 0 aromatic carbocycles. The van der Waals surface area contributed by atoms with Crippen LogP contribution in [0.1, 0.15) is 12.6 Å². The van der Waals surface area contributed by atoms with Crippen LogP contribution in [0.2, 0.25) is 0 Å². The van der Waals surface area contributed by atoms with E-state index in [0.29, 0.717) is 5.03 Å². The molecule has 1 N–H and O–H groups in total. The standard InChI is InChI=1S/C13H12N4O2S/c1-2-11-4-3-9(6-14-11)10-7-15-17(8-10)13-5-12(18)16-20(13)19/h3-8H,2H2,1H3,(H,16,18). The van der Waals surface area contributed by atoms with Crippen molar-refractivity contribution >= 4 is 21.9 Å². The lowest BCUT2D eigenvalue weighted by atomic mass is 10.1. The minimum Gasteiger partial charge on any atom is -0.269 e. The van der Waals surface area contributed by atoms with Crippen LogP contribution in [0.4, 0.5) is 0 Å². The van der Waals surface area contributed by atoms with E-state index in [1.54, 1.807) is 18.6 Å². The molecule has 1 atom stereocenters. The Labute approximate surface area is 118 Å². The molecule has 0 saturated carbocycles. The van der Waals surface area contributed by atoms with Crippen LogP contribution in [0.5, 0.6) is 0 Å². The summed E-state index contributed by atoms with van der Waals surface area (Å²) in [4.78, 5) is 15.5. The van der Waals surface area contributed by atoms with E-state index in [1.807, 2.05) is 19.1 Å². The second kappa shape index (κ2) is 5.01. The largest absolute Gasteiger partial charge is 0.269 e. The van der Waals surface area contributed by atoms with Gasteiger partial charge in [0.15, 0.2) is 16.0 Å². The van der Waals surface area contributed by atoms with Gasteiger partial charge < -0.3 is 0 Å². The van der Waals surface area contributed by atoms with Crippen molar-refractivity contribution in [1.29, 1.82) is 0 Å². The van der Waals surface area contributed by atoms with Gasteiger partial charge in [-0.05, 0) is 12.5 Å².